The summed E-state index contributed by atoms with van der Waals surface area (Å²) in [6, 6.07) is 13.7. The van der Waals surface area contributed by atoms with Crippen molar-refractivity contribution in [1.29, 1.82) is 0 Å². The second kappa shape index (κ2) is 7.09. The molecule has 0 atom stereocenters. The minimum absolute atomic E-state index is 0.196. The average Bonchev–Trinajstić information content (AvgIpc) is 2.48. The Hall–Kier alpha value is -2.07. The molecule has 0 aliphatic carbocycles. The lowest BCUT2D eigenvalue weighted by Crippen LogP contribution is -2.09. The molecular weight excluding hydrogens is 285 g/mol. The first kappa shape index (κ1) is 15.3. The molecule has 108 valence electrons. The van der Waals surface area contributed by atoms with Gasteiger partial charge in [0.05, 0.1) is 5.69 Å². The van der Waals surface area contributed by atoms with Crippen LogP contribution in [0, 0.1) is 5.82 Å². The Morgan fingerprint density at radius 1 is 1.14 bits per heavy atom. The largest absolute Gasteiger partial charge is 0.321 e. The van der Waals surface area contributed by atoms with Gasteiger partial charge in [0, 0.05) is 11.0 Å². The highest BCUT2D eigenvalue weighted by atomic mass is 32.2. The van der Waals surface area contributed by atoms with Crippen LogP contribution in [-0.4, -0.2) is 12.2 Å². The molecule has 2 rings (SSSR count). The molecule has 2 aromatic rings. The normalized spacial score (nSPS) is 11.3. The highest BCUT2D eigenvalue weighted by Gasteiger charge is 2.05. The first-order valence-electron chi connectivity index (χ1n) is 6.48. The Morgan fingerprint density at radius 2 is 1.81 bits per heavy atom. The van der Waals surface area contributed by atoms with Gasteiger partial charge in [0.1, 0.15) is 5.82 Å². The van der Waals surface area contributed by atoms with E-state index in [2.05, 4.69) is 5.32 Å². The van der Waals surface area contributed by atoms with E-state index >= 15 is 0 Å². The Morgan fingerprint density at radius 3 is 2.48 bits per heavy atom. The Labute approximate surface area is 128 Å². The Kier molecular flexibility index (Phi) is 5.17. The summed E-state index contributed by atoms with van der Waals surface area (Å²) in [4.78, 5) is 13.1. The van der Waals surface area contributed by atoms with Crippen molar-refractivity contribution in [2.24, 2.45) is 0 Å². The molecule has 0 unspecified atom stereocenters. The topological polar surface area (TPSA) is 29.1 Å². The lowest BCUT2D eigenvalue weighted by molar-refractivity contribution is -0.111. The monoisotopic (exact) mass is 301 g/mol. The minimum Gasteiger partial charge on any atom is -0.321 e. The van der Waals surface area contributed by atoms with Gasteiger partial charge in [-0.05, 0) is 48.6 Å². The molecule has 1 N–H and O–H groups in total. The number of hydrogen-bond acceptors (Lipinski definition) is 2. The van der Waals surface area contributed by atoms with Crippen molar-refractivity contribution >= 4 is 28.9 Å². The van der Waals surface area contributed by atoms with Gasteiger partial charge in [0.2, 0.25) is 5.91 Å². The number of carbonyl (C=O) groups excluding carboxylic acids is 1. The second-order valence-corrected chi connectivity index (χ2v) is 5.37. The number of allylic oxidation sites excluding steroid dienone is 1. The van der Waals surface area contributed by atoms with Gasteiger partial charge in [-0.1, -0.05) is 24.3 Å². The molecule has 0 fully saturated rings. The van der Waals surface area contributed by atoms with Crippen molar-refractivity contribution in [3.8, 4) is 0 Å². The third-order valence-electron chi connectivity index (χ3n) is 3.01. The zero-order chi connectivity index (χ0) is 15.2. The molecule has 0 aromatic heterocycles. The van der Waals surface area contributed by atoms with Gasteiger partial charge in [-0.3, -0.25) is 4.79 Å². The molecule has 2 nitrogen and oxygen atoms in total. The number of rotatable bonds is 4. The molecular formula is C17H16FNOS. The first-order chi connectivity index (χ1) is 10.1. The molecule has 1 amide bonds. The number of nitrogens with one attached hydrogen (secondary N) is 1. The third kappa shape index (κ3) is 4.20. The number of para-hydroxylation sites is 1. The van der Waals surface area contributed by atoms with Crippen molar-refractivity contribution in [3.63, 3.8) is 0 Å². The van der Waals surface area contributed by atoms with E-state index in [4.69, 9.17) is 0 Å². The van der Waals surface area contributed by atoms with Crippen LogP contribution in [0.25, 0.3) is 5.57 Å². The quantitative estimate of drug-likeness (QED) is 0.661. The predicted molar refractivity (Wildman–Crippen MR) is 86.9 cm³/mol. The van der Waals surface area contributed by atoms with Crippen LogP contribution in [-0.2, 0) is 4.79 Å². The summed E-state index contributed by atoms with van der Waals surface area (Å²) >= 11 is 1.58. The number of benzene rings is 2. The number of anilines is 1. The highest BCUT2D eigenvalue weighted by Crippen LogP contribution is 2.24. The summed E-state index contributed by atoms with van der Waals surface area (Å²) < 4.78 is 12.9. The fraction of sp³-hybridized carbons (Fsp3) is 0.118. The summed E-state index contributed by atoms with van der Waals surface area (Å²) in [6.07, 6.45) is 3.48. The van der Waals surface area contributed by atoms with Crippen LogP contribution in [0.2, 0.25) is 0 Å². The maximum absolute atomic E-state index is 12.9. The zero-order valence-electron chi connectivity index (χ0n) is 11.9. The SMILES string of the molecule is CSc1ccccc1NC(=O)/C=C(/C)c1ccc(F)cc1. The van der Waals surface area contributed by atoms with Gasteiger partial charge >= 0.3 is 0 Å². The molecule has 0 heterocycles. The zero-order valence-corrected chi connectivity index (χ0v) is 12.7. The molecule has 0 saturated carbocycles. The van der Waals surface area contributed by atoms with E-state index in [1.165, 1.54) is 18.2 Å². The second-order valence-electron chi connectivity index (χ2n) is 4.52. The van der Waals surface area contributed by atoms with Crippen molar-refractivity contribution in [1.82, 2.24) is 0 Å². The van der Waals surface area contributed by atoms with Crippen LogP contribution in [0.1, 0.15) is 12.5 Å². The molecule has 0 aliphatic rings. The van der Waals surface area contributed by atoms with Gasteiger partial charge in [-0.2, -0.15) is 0 Å². The van der Waals surface area contributed by atoms with E-state index < -0.39 is 0 Å². The molecule has 2 aromatic carbocycles. The maximum Gasteiger partial charge on any atom is 0.248 e. The van der Waals surface area contributed by atoms with Crippen LogP contribution < -0.4 is 5.32 Å². The summed E-state index contributed by atoms with van der Waals surface area (Å²) in [6.45, 7) is 1.83. The number of amides is 1. The molecule has 0 bridgehead atoms. The lowest BCUT2D eigenvalue weighted by Gasteiger charge is -2.08. The molecule has 0 spiro atoms. The van der Waals surface area contributed by atoms with Crippen molar-refractivity contribution in [3.05, 3.63) is 66.0 Å². The van der Waals surface area contributed by atoms with Crippen molar-refractivity contribution in [2.45, 2.75) is 11.8 Å². The lowest BCUT2D eigenvalue weighted by atomic mass is 10.1. The van der Waals surface area contributed by atoms with Crippen molar-refractivity contribution < 1.29 is 9.18 Å². The van der Waals surface area contributed by atoms with Crippen LogP contribution in [0.15, 0.2) is 59.5 Å². The predicted octanol–water partition coefficient (Wildman–Crippen LogP) is 4.59. The van der Waals surface area contributed by atoms with Gasteiger partial charge in [0.15, 0.2) is 0 Å². The van der Waals surface area contributed by atoms with E-state index in [0.29, 0.717) is 0 Å². The molecule has 21 heavy (non-hydrogen) atoms. The summed E-state index contributed by atoms with van der Waals surface area (Å²) in [7, 11) is 0. The summed E-state index contributed by atoms with van der Waals surface area (Å²) in [5, 5.41) is 2.86. The van der Waals surface area contributed by atoms with Crippen LogP contribution in [0.5, 0.6) is 0 Å². The molecule has 0 radical (unpaired) electrons. The molecule has 0 saturated heterocycles. The molecule has 0 aliphatic heterocycles. The Bertz CT molecular complexity index is 665. The van der Waals surface area contributed by atoms with Crippen LogP contribution >= 0.6 is 11.8 Å². The van der Waals surface area contributed by atoms with Gasteiger partial charge in [-0.25, -0.2) is 4.39 Å². The summed E-state index contributed by atoms with van der Waals surface area (Å²) in [5.74, 6) is -0.483. The third-order valence-corrected chi connectivity index (χ3v) is 3.81. The maximum atomic E-state index is 12.9. The van der Waals surface area contributed by atoms with Crippen LogP contribution in [0.4, 0.5) is 10.1 Å². The Balaban J connectivity index is 2.13. The van der Waals surface area contributed by atoms with E-state index in [0.717, 1.165) is 21.7 Å². The van der Waals surface area contributed by atoms with Crippen LogP contribution in [0.3, 0.4) is 0 Å². The van der Waals surface area contributed by atoms with E-state index in [1.54, 1.807) is 23.9 Å². The van der Waals surface area contributed by atoms with E-state index in [9.17, 15) is 9.18 Å². The standard InChI is InChI=1S/C17H16FNOS/c1-12(13-7-9-14(18)10-8-13)11-17(20)19-15-5-3-4-6-16(15)21-2/h3-11H,1-2H3,(H,19,20)/b12-11-. The number of hydrogen-bond donors (Lipinski definition) is 1. The number of halogens is 1. The van der Waals surface area contributed by atoms with Gasteiger partial charge < -0.3 is 5.32 Å². The smallest absolute Gasteiger partial charge is 0.248 e. The van der Waals surface area contributed by atoms with E-state index in [1.807, 2.05) is 37.4 Å². The van der Waals surface area contributed by atoms with E-state index in [-0.39, 0.29) is 11.7 Å². The fourth-order valence-corrected chi connectivity index (χ4v) is 2.46. The average molecular weight is 301 g/mol. The van der Waals surface area contributed by atoms with Gasteiger partial charge in [-0.15, -0.1) is 11.8 Å². The fourth-order valence-electron chi connectivity index (χ4n) is 1.91. The van der Waals surface area contributed by atoms with Gasteiger partial charge in [0.25, 0.3) is 0 Å². The summed E-state index contributed by atoms with van der Waals surface area (Å²) in [5.41, 5.74) is 2.40. The first-order valence-corrected chi connectivity index (χ1v) is 7.71. The highest BCUT2D eigenvalue weighted by molar-refractivity contribution is 7.98. The molecule has 4 heteroatoms. The minimum atomic E-state index is -0.287. The number of carbonyl (C=O) groups is 1. The number of thioether (sulfide) groups is 1. The van der Waals surface area contributed by atoms with Crippen molar-refractivity contribution in [2.75, 3.05) is 11.6 Å².